The Kier molecular flexibility index (Phi) is 5.13. The molecule has 2 heterocycles. The van der Waals surface area contributed by atoms with E-state index in [1.54, 1.807) is 6.20 Å². The summed E-state index contributed by atoms with van der Waals surface area (Å²) in [6.45, 7) is 9.34. The number of rotatable bonds is 5. The summed E-state index contributed by atoms with van der Waals surface area (Å²) >= 11 is 4.95. The summed E-state index contributed by atoms with van der Waals surface area (Å²) in [7, 11) is 0. The van der Waals surface area contributed by atoms with Crippen molar-refractivity contribution in [1.29, 1.82) is 0 Å². The second kappa shape index (κ2) is 6.51. The number of aromatic nitrogens is 4. The third-order valence-electron chi connectivity index (χ3n) is 3.19. The second-order valence-electron chi connectivity index (χ2n) is 5.94. The molecule has 2 aromatic heterocycles. The van der Waals surface area contributed by atoms with Gasteiger partial charge in [0.15, 0.2) is 0 Å². The number of halogens is 1. The fourth-order valence-electron chi connectivity index (χ4n) is 2.23. The van der Waals surface area contributed by atoms with Crippen LogP contribution >= 0.6 is 27.5 Å². The monoisotopic (exact) mass is 372 g/mol. The predicted molar refractivity (Wildman–Crippen MR) is 88.0 cm³/mol. The topological polar surface area (TPSA) is 81.7 Å². The Morgan fingerprint density at radius 3 is 2.76 bits per heavy atom. The van der Waals surface area contributed by atoms with Crippen molar-refractivity contribution < 1.29 is 0 Å². The molecule has 3 N–H and O–H groups in total. The third-order valence-corrected chi connectivity index (χ3v) is 4.59. The zero-order chi connectivity index (χ0) is 15.6. The summed E-state index contributed by atoms with van der Waals surface area (Å²) in [5.74, 6) is 5.84. The fourth-order valence-corrected chi connectivity index (χ4v) is 3.69. The molecule has 0 bridgehead atoms. The highest BCUT2D eigenvalue weighted by atomic mass is 79.9. The maximum Gasteiger partial charge on any atom is 0.102 e. The van der Waals surface area contributed by atoms with E-state index in [4.69, 9.17) is 5.84 Å². The number of nitrogens with two attached hydrogens (primary N) is 1. The first-order chi connectivity index (χ1) is 9.90. The lowest BCUT2D eigenvalue weighted by Gasteiger charge is -2.22. The minimum absolute atomic E-state index is 0.0838. The van der Waals surface area contributed by atoms with Crippen molar-refractivity contribution in [2.24, 2.45) is 5.84 Å². The summed E-state index contributed by atoms with van der Waals surface area (Å²) in [5, 5.41) is 8.71. The van der Waals surface area contributed by atoms with Crippen molar-refractivity contribution in [3.05, 3.63) is 26.9 Å². The van der Waals surface area contributed by atoms with Gasteiger partial charge in [-0.25, -0.2) is 5.43 Å². The highest BCUT2D eigenvalue weighted by Crippen LogP contribution is 2.35. The average Bonchev–Trinajstić information content (AvgIpc) is 3.01. The van der Waals surface area contributed by atoms with Crippen LogP contribution in [0.15, 0.2) is 10.7 Å². The molecule has 21 heavy (non-hydrogen) atoms. The van der Waals surface area contributed by atoms with Crippen LogP contribution in [-0.2, 0) is 12.0 Å². The van der Waals surface area contributed by atoms with Crippen molar-refractivity contribution in [2.75, 3.05) is 0 Å². The van der Waals surface area contributed by atoms with Crippen LogP contribution in [0.1, 0.15) is 56.4 Å². The Bertz CT molecular complexity index is 600. The standard InChI is InChI=1S/C13H21BrN6S/c1-5-6-20-10(8(14)7-16-20)9(17-15)11-12(13(2,3)4)18-19-21-11/h7,9,17H,5-6,15H2,1-4H3. The van der Waals surface area contributed by atoms with Crippen LogP contribution in [0.4, 0.5) is 0 Å². The van der Waals surface area contributed by atoms with Gasteiger partial charge < -0.3 is 0 Å². The molecular weight excluding hydrogens is 352 g/mol. The van der Waals surface area contributed by atoms with Gasteiger partial charge in [-0.1, -0.05) is 32.2 Å². The van der Waals surface area contributed by atoms with E-state index in [0.717, 1.165) is 33.7 Å². The molecule has 0 aromatic carbocycles. The van der Waals surface area contributed by atoms with Crippen molar-refractivity contribution in [3.8, 4) is 0 Å². The van der Waals surface area contributed by atoms with Gasteiger partial charge in [0.05, 0.1) is 26.9 Å². The minimum atomic E-state index is -0.178. The largest absolute Gasteiger partial charge is 0.270 e. The van der Waals surface area contributed by atoms with E-state index in [-0.39, 0.29) is 11.5 Å². The number of hydrazine groups is 1. The first kappa shape index (κ1) is 16.5. The zero-order valence-electron chi connectivity index (χ0n) is 12.7. The summed E-state index contributed by atoms with van der Waals surface area (Å²) in [5.41, 5.74) is 4.79. The first-order valence-electron chi connectivity index (χ1n) is 6.90. The van der Waals surface area contributed by atoms with Gasteiger partial charge in [-0.3, -0.25) is 10.5 Å². The summed E-state index contributed by atoms with van der Waals surface area (Å²) in [6.07, 6.45) is 2.81. The third kappa shape index (κ3) is 3.33. The molecule has 0 aliphatic rings. The Labute approximate surface area is 137 Å². The van der Waals surface area contributed by atoms with Crippen LogP contribution in [0.25, 0.3) is 0 Å². The molecule has 2 rings (SSSR count). The van der Waals surface area contributed by atoms with Gasteiger partial charge in [-0.05, 0) is 33.9 Å². The van der Waals surface area contributed by atoms with Gasteiger partial charge in [-0.15, -0.1) is 5.10 Å². The molecule has 0 spiro atoms. The summed E-state index contributed by atoms with van der Waals surface area (Å²) in [4.78, 5) is 1.03. The number of aryl methyl sites for hydroxylation is 1. The molecule has 0 saturated carbocycles. The average molecular weight is 373 g/mol. The molecule has 1 unspecified atom stereocenters. The summed E-state index contributed by atoms with van der Waals surface area (Å²) < 4.78 is 7.03. The molecule has 0 aliphatic heterocycles. The number of hydrogen-bond acceptors (Lipinski definition) is 6. The smallest absolute Gasteiger partial charge is 0.102 e. The van der Waals surface area contributed by atoms with Crippen molar-refractivity contribution in [1.82, 2.24) is 24.8 Å². The Morgan fingerprint density at radius 1 is 1.48 bits per heavy atom. The molecule has 0 saturated heterocycles. The normalized spacial score (nSPS) is 13.6. The van der Waals surface area contributed by atoms with Gasteiger partial charge in [0.1, 0.15) is 6.04 Å². The quantitative estimate of drug-likeness (QED) is 0.622. The van der Waals surface area contributed by atoms with Crippen LogP contribution in [0.2, 0.25) is 0 Å². The lowest BCUT2D eigenvalue weighted by Crippen LogP contribution is -2.32. The van der Waals surface area contributed by atoms with Crippen LogP contribution in [0, 0.1) is 0 Å². The molecule has 2 aromatic rings. The Hall–Kier alpha value is -0.830. The molecular formula is C13H21BrN6S. The second-order valence-corrected chi connectivity index (χ2v) is 7.58. The molecule has 0 radical (unpaired) electrons. The van der Waals surface area contributed by atoms with E-state index < -0.39 is 0 Å². The predicted octanol–water partition coefficient (Wildman–Crippen LogP) is 2.76. The van der Waals surface area contributed by atoms with E-state index in [9.17, 15) is 0 Å². The maximum atomic E-state index is 5.84. The van der Waals surface area contributed by atoms with E-state index in [1.807, 2.05) is 4.68 Å². The number of hydrogen-bond donors (Lipinski definition) is 2. The van der Waals surface area contributed by atoms with Crippen molar-refractivity contribution >= 4 is 27.5 Å². The van der Waals surface area contributed by atoms with Crippen LogP contribution in [-0.4, -0.2) is 19.4 Å². The number of nitrogens with zero attached hydrogens (tertiary/aromatic N) is 4. The van der Waals surface area contributed by atoms with Gasteiger partial charge >= 0.3 is 0 Å². The number of nitrogens with one attached hydrogen (secondary N) is 1. The Morgan fingerprint density at radius 2 is 2.19 bits per heavy atom. The van der Waals surface area contributed by atoms with Gasteiger partial charge in [0, 0.05) is 12.0 Å². The molecule has 0 aliphatic carbocycles. The molecule has 0 fully saturated rings. The molecule has 8 heteroatoms. The van der Waals surface area contributed by atoms with Gasteiger partial charge in [0.2, 0.25) is 0 Å². The molecule has 1 atom stereocenters. The first-order valence-corrected chi connectivity index (χ1v) is 8.46. The zero-order valence-corrected chi connectivity index (χ0v) is 15.1. The summed E-state index contributed by atoms with van der Waals surface area (Å²) in [6, 6.07) is -0.178. The Balaban J connectivity index is 2.51. The SMILES string of the molecule is CCCn1ncc(Br)c1C(NN)c1snnc1C(C)(C)C. The maximum absolute atomic E-state index is 5.84. The minimum Gasteiger partial charge on any atom is -0.270 e. The van der Waals surface area contributed by atoms with Crippen LogP contribution in [0.3, 0.4) is 0 Å². The van der Waals surface area contributed by atoms with E-state index in [1.165, 1.54) is 11.5 Å². The van der Waals surface area contributed by atoms with Crippen LogP contribution in [0.5, 0.6) is 0 Å². The van der Waals surface area contributed by atoms with Gasteiger partial charge in [0.25, 0.3) is 0 Å². The molecule has 6 nitrogen and oxygen atoms in total. The van der Waals surface area contributed by atoms with E-state index >= 15 is 0 Å². The van der Waals surface area contributed by atoms with E-state index in [2.05, 4.69) is 63.7 Å². The molecule has 0 amide bonds. The van der Waals surface area contributed by atoms with Crippen molar-refractivity contribution in [2.45, 2.75) is 52.1 Å². The lowest BCUT2D eigenvalue weighted by molar-refractivity contribution is 0.505. The fraction of sp³-hybridized carbons (Fsp3) is 0.615. The highest BCUT2D eigenvalue weighted by Gasteiger charge is 2.30. The van der Waals surface area contributed by atoms with Gasteiger partial charge in [-0.2, -0.15) is 5.10 Å². The highest BCUT2D eigenvalue weighted by molar-refractivity contribution is 9.10. The lowest BCUT2D eigenvalue weighted by atomic mass is 9.89. The van der Waals surface area contributed by atoms with E-state index in [0.29, 0.717) is 0 Å². The van der Waals surface area contributed by atoms with Crippen molar-refractivity contribution in [3.63, 3.8) is 0 Å². The molecule has 116 valence electrons. The van der Waals surface area contributed by atoms with Crippen LogP contribution < -0.4 is 11.3 Å².